The van der Waals surface area contributed by atoms with Crippen LogP contribution in [0, 0.1) is 0 Å². The van der Waals surface area contributed by atoms with Gasteiger partial charge in [0.25, 0.3) is 0 Å². The van der Waals surface area contributed by atoms with Crippen LogP contribution in [0.15, 0.2) is 0 Å². The summed E-state index contributed by atoms with van der Waals surface area (Å²) in [7, 11) is -2.60. The highest BCUT2D eigenvalue weighted by molar-refractivity contribution is 6.60. The van der Waals surface area contributed by atoms with Crippen LogP contribution in [-0.2, 0) is 22.8 Å². The Morgan fingerprint density at radius 1 is 0.750 bits per heavy atom. The van der Waals surface area contributed by atoms with Gasteiger partial charge in [0.15, 0.2) is 6.29 Å². The molecule has 0 bridgehead atoms. The van der Waals surface area contributed by atoms with E-state index in [0.717, 1.165) is 70.8 Å². The molecule has 0 aliphatic carbocycles. The second-order valence-corrected chi connectivity index (χ2v) is 9.21. The maximum Gasteiger partial charge on any atom is 0.501 e. The third-order valence-electron chi connectivity index (χ3n) is 4.02. The molecule has 0 spiro atoms. The van der Waals surface area contributed by atoms with Crippen molar-refractivity contribution in [1.29, 1.82) is 0 Å². The molecule has 24 heavy (non-hydrogen) atoms. The van der Waals surface area contributed by atoms with E-state index in [-0.39, 0.29) is 12.4 Å². The number of hydrogen-bond acceptors (Lipinski definition) is 5. The van der Waals surface area contributed by atoms with Gasteiger partial charge in [-0.15, -0.1) is 0 Å². The molecule has 1 saturated heterocycles. The quantitative estimate of drug-likeness (QED) is 0.216. The van der Waals surface area contributed by atoms with Crippen molar-refractivity contribution in [2.45, 2.75) is 91.1 Å². The van der Waals surface area contributed by atoms with Crippen molar-refractivity contribution in [3.63, 3.8) is 0 Å². The molecule has 144 valence electrons. The average molecular weight is 363 g/mol. The third-order valence-corrected chi connectivity index (χ3v) is 6.92. The van der Waals surface area contributed by atoms with Crippen LogP contribution in [0.25, 0.3) is 0 Å². The summed E-state index contributed by atoms with van der Waals surface area (Å²) in [6.45, 7) is 11.4. The molecular formula is C18H38O5Si. The summed E-state index contributed by atoms with van der Waals surface area (Å²) >= 11 is 0. The summed E-state index contributed by atoms with van der Waals surface area (Å²) in [5, 5.41) is 0. The highest BCUT2D eigenvalue weighted by Crippen LogP contribution is 2.24. The molecule has 2 unspecified atom stereocenters. The van der Waals surface area contributed by atoms with E-state index in [2.05, 4.69) is 20.8 Å². The van der Waals surface area contributed by atoms with Gasteiger partial charge in [0.2, 0.25) is 0 Å². The van der Waals surface area contributed by atoms with E-state index in [1.165, 1.54) is 0 Å². The molecule has 0 aromatic heterocycles. The lowest BCUT2D eigenvalue weighted by Gasteiger charge is -2.30. The molecule has 0 saturated carbocycles. The van der Waals surface area contributed by atoms with Gasteiger partial charge in [-0.05, 0) is 32.6 Å². The first-order chi connectivity index (χ1) is 11.7. The van der Waals surface area contributed by atoms with Crippen molar-refractivity contribution in [3.8, 4) is 0 Å². The number of epoxide rings is 1. The largest absolute Gasteiger partial charge is 0.501 e. The van der Waals surface area contributed by atoms with Crippen LogP contribution >= 0.6 is 0 Å². The van der Waals surface area contributed by atoms with Crippen LogP contribution in [-0.4, -0.2) is 47.6 Å². The topological polar surface area (TPSA) is 49.5 Å². The summed E-state index contributed by atoms with van der Waals surface area (Å²) in [6, 6.07) is 0.825. The smallest absolute Gasteiger partial charge is 0.373 e. The minimum Gasteiger partial charge on any atom is -0.373 e. The molecule has 0 aromatic rings. The highest BCUT2D eigenvalue weighted by Gasteiger charge is 2.41. The molecule has 1 fully saturated rings. The number of unbranched alkanes of at least 4 members (excludes halogenated alkanes) is 3. The molecular weight excluding hydrogens is 324 g/mol. The van der Waals surface area contributed by atoms with Crippen LogP contribution in [0.3, 0.4) is 0 Å². The fourth-order valence-electron chi connectivity index (χ4n) is 2.29. The molecule has 1 heterocycles. The average Bonchev–Trinajstić information content (AvgIpc) is 3.28. The zero-order valence-corrected chi connectivity index (χ0v) is 17.2. The molecule has 6 heteroatoms. The Hall–Kier alpha value is 0.0169. The van der Waals surface area contributed by atoms with Crippen molar-refractivity contribution in [2.75, 3.05) is 26.4 Å². The van der Waals surface area contributed by atoms with Gasteiger partial charge in [0.05, 0.1) is 0 Å². The summed E-state index contributed by atoms with van der Waals surface area (Å²) < 4.78 is 29.6. The molecule has 1 aliphatic heterocycles. The molecule has 1 aliphatic rings. The lowest BCUT2D eigenvalue weighted by atomic mass is 10.4. The van der Waals surface area contributed by atoms with Crippen LogP contribution in [0.2, 0.25) is 6.04 Å². The van der Waals surface area contributed by atoms with Gasteiger partial charge in [-0.2, -0.15) is 0 Å². The van der Waals surface area contributed by atoms with Gasteiger partial charge in [-0.3, -0.25) is 0 Å². The Balaban J connectivity index is 2.47. The Bertz CT molecular complexity index is 277. The first kappa shape index (κ1) is 22.1. The Morgan fingerprint density at radius 3 is 1.58 bits per heavy atom. The zero-order chi connectivity index (χ0) is 17.7. The van der Waals surface area contributed by atoms with Crippen LogP contribution in [0.1, 0.15) is 72.6 Å². The monoisotopic (exact) mass is 362 g/mol. The van der Waals surface area contributed by atoms with E-state index >= 15 is 0 Å². The minimum absolute atomic E-state index is 0.0101. The van der Waals surface area contributed by atoms with Crippen LogP contribution in [0.5, 0.6) is 0 Å². The van der Waals surface area contributed by atoms with Gasteiger partial charge >= 0.3 is 8.80 Å². The van der Waals surface area contributed by atoms with Crippen molar-refractivity contribution < 1.29 is 22.8 Å². The molecule has 0 N–H and O–H groups in total. The second kappa shape index (κ2) is 13.3. The van der Waals surface area contributed by atoms with E-state index in [1.54, 1.807) is 0 Å². The minimum atomic E-state index is -2.60. The van der Waals surface area contributed by atoms with Crippen LogP contribution in [0.4, 0.5) is 0 Å². The summed E-state index contributed by atoms with van der Waals surface area (Å²) in [5.41, 5.74) is 0. The summed E-state index contributed by atoms with van der Waals surface area (Å²) in [4.78, 5) is 0. The highest BCUT2D eigenvalue weighted by atomic mass is 28.4. The first-order valence-corrected chi connectivity index (χ1v) is 11.8. The second-order valence-electron chi connectivity index (χ2n) is 6.47. The predicted molar refractivity (Wildman–Crippen MR) is 98.0 cm³/mol. The molecule has 5 nitrogen and oxygen atoms in total. The Labute approximate surface area is 149 Å². The third kappa shape index (κ3) is 9.49. The Kier molecular flexibility index (Phi) is 12.2. The van der Waals surface area contributed by atoms with E-state index < -0.39 is 8.80 Å². The van der Waals surface area contributed by atoms with Gasteiger partial charge in [0, 0.05) is 32.5 Å². The Morgan fingerprint density at radius 2 is 1.21 bits per heavy atom. The van der Waals surface area contributed by atoms with Gasteiger partial charge < -0.3 is 22.8 Å². The van der Waals surface area contributed by atoms with E-state index in [1.807, 2.05) is 6.92 Å². The lowest BCUT2D eigenvalue weighted by Crippen LogP contribution is -2.47. The standard InChI is InChI=1S/C18H38O5Si/c1-5-8-13-20-24(21-14-9-6-2,22-15-10-7-3)16-11-12-19-18-17(4)23-18/h17-18H,5-16H2,1-4H3. The first-order valence-electron chi connectivity index (χ1n) is 9.86. The molecule has 0 radical (unpaired) electrons. The molecule has 0 amide bonds. The van der Waals surface area contributed by atoms with Crippen molar-refractivity contribution in [2.24, 2.45) is 0 Å². The maximum atomic E-state index is 6.21. The molecule has 2 atom stereocenters. The lowest BCUT2D eigenvalue weighted by molar-refractivity contribution is 0.0367. The van der Waals surface area contributed by atoms with E-state index in [9.17, 15) is 0 Å². The fourth-order valence-corrected chi connectivity index (χ4v) is 4.91. The number of rotatable bonds is 17. The predicted octanol–water partition coefficient (Wildman–Crippen LogP) is 4.53. The van der Waals surface area contributed by atoms with Crippen molar-refractivity contribution in [1.82, 2.24) is 0 Å². The summed E-state index contributed by atoms with van der Waals surface area (Å²) in [5.74, 6) is 0. The van der Waals surface area contributed by atoms with Crippen LogP contribution < -0.4 is 0 Å². The van der Waals surface area contributed by atoms with E-state index in [0.29, 0.717) is 6.61 Å². The van der Waals surface area contributed by atoms with Gasteiger partial charge in [-0.1, -0.05) is 40.0 Å². The maximum absolute atomic E-state index is 6.21. The number of hydrogen-bond donors (Lipinski definition) is 0. The normalized spacial score (nSPS) is 20.5. The fraction of sp³-hybridized carbons (Fsp3) is 1.00. The zero-order valence-electron chi connectivity index (χ0n) is 16.2. The number of ether oxygens (including phenoxy) is 2. The van der Waals surface area contributed by atoms with Crippen molar-refractivity contribution >= 4 is 8.80 Å². The summed E-state index contributed by atoms with van der Waals surface area (Å²) in [6.07, 6.45) is 7.63. The van der Waals surface area contributed by atoms with Gasteiger partial charge in [0.1, 0.15) is 6.10 Å². The van der Waals surface area contributed by atoms with Crippen molar-refractivity contribution in [3.05, 3.63) is 0 Å². The van der Waals surface area contributed by atoms with E-state index in [4.69, 9.17) is 22.8 Å². The SMILES string of the molecule is CCCCO[Si](CCCOC1OC1C)(OCCCC)OCCCC. The molecule has 0 aromatic carbocycles. The molecule has 1 rings (SSSR count). The van der Waals surface area contributed by atoms with Gasteiger partial charge in [-0.25, -0.2) is 0 Å².